The van der Waals surface area contributed by atoms with Gasteiger partial charge in [-0.3, -0.25) is 4.79 Å². The molecular weight excluding hydrogens is 204 g/mol. The lowest BCUT2D eigenvalue weighted by molar-refractivity contribution is 0.100. The van der Waals surface area contributed by atoms with Crippen molar-refractivity contribution < 1.29 is 4.79 Å². The maximum atomic E-state index is 11.2. The molecule has 0 saturated carbocycles. The quantitative estimate of drug-likeness (QED) is 0.806. The lowest BCUT2D eigenvalue weighted by Crippen LogP contribution is -2.12. The second-order valence-corrected chi connectivity index (χ2v) is 3.32. The standard InChI is InChI=1S/C11H12N4O/c1-2-13-11-8-5-3-4-7(10(12)16)9(8)14-6-15-11/h3-6H,2H2,1H3,(H2,12,16)(H,13,14,15). The van der Waals surface area contributed by atoms with Gasteiger partial charge in [-0.25, -0.2) is 9.97 Å². The number of nitrogens with zero attached hydrogens (tertiary/aromatic N) is 2. The summed E-state index contributed by atoms with van der Waals surface area (Å²) in [5.74, 6) is 0.238. The van der Waals surface area contributed by atoms with E-state index in [4.69, 9.17) is 5.73 Å². The summed E-state index contributed by atoms with van der Waals surface area (Å²) >= 11 is 0. The van der Waals surface area contributed by atoms with Gasteiger partial charge in [0.2, 0.25) is 0 Å². The highest BCUT2D eigenvalue weighted by Gasteiger charge is 2.10. The number of nitrogens with one attached hydrogen (secondary N) is 1. The average molecular weight is 216 g/mol. The smallest absolute Gasteiger partial charge is 0.250 e. The van der Waals surface area contributed by atoms with Crippen molar-refractivity contribution in [3.63, 3.8) is 0 Å². The predicted molar refractivity (Wildman–Crippen MR) is 62.2 cm³/mol. The van der Waals surface area contributed by atoms with Crippen LogP contribution in [-0.2, 0) is 0 Å². The summed E-state index contributed by atoms with van der Waals surface area (Å²) in [6, 6.07) is 5.29. The first-order chi connectivity index (χ1) is 7.74. The van der Waals surface area contributed by atoms with Crippen molar-refractivity contribution in [1.82, 2.24) is 9.97 Å². The fourth-order valence-electron chi connectivity index (χ4n) is 1.59. The highest BCUT2D eigenvalue weighted by atomic mass is 16.1. The summed E-state index contributed by atoms with van der Waals surface area (Å²) in [6.45, 7) is 2.73. The van der Waals surface area contributed by atoms with Crippen molar-refractivity contribution >= 4 is 22.6 Å². The summed E-state index contributed by atoms with van der Waals surface area (Å²) in [6.07, 6.45) is 1.42. The van der Waals surface area contributed by atoms with E-state index in [1.807, 2.05) is 13.0 Å². The highest BCUT2D eigenvalue weighted by molar-refractivity contribution is 6.06. The molecule has 3 N–H and O–H groups in total. The summed E-state index contributed by atoms with van der Waals surface area (Å²) in [5, 5.41) is 3.92. The molecule has 1 aromatic heterocycles. The van der Waals surface area contributed by atoms with E-state index in [0.29, 0.717) is 11.1 Å². The molecule has 2 aromatic rings. The molecular formula is C11H12N4O. The molecule has 5 heteroatoms. The van der Waals surface area contributed by atoms with Crippen LogP contribution in [0.4, 0.5) is 5.82 Å². The first-order valence-electron chi connectivity index (χ1n) is 5.01. The SMILES string of the molecule is CCNc1ncnc2c(C(N)=O)cccc12. The van der Waals surface area contributed by atoms with Crippen molar-refractivity contribution in [2.75, 3.05) is 11.9 Å². The molecule has 5 nitrogen and oxygen atoms in total. The minimum absolute atomic E-state index is 0.416. The molecule has 0 unspecified atom stereocenters. The van der Waals surface area contributed by atoms with Gasteiger partial charge in [-0.2, -0.15) is 0 Å². The van der Waals surface area contributed by atoms with Crippen molar-refractivity contribution in [3.8, 4) is 0 Å². The second kappa shape index (κ2) is 4.14. The van der Waals surface area contributed by atoms with Crippen LogP contribution in [0.25, 0.3) is 10.9 Å². The van der Waals surface area contributed by atoms with Gasteiger partial charge in [-0.1, -0.05) is 6.07 Å². The van der Waals surface area contributed by atoms with Gasteiger partial charge >= 0.3 is 0 Å². The van der Waals surface area contributed by atoms with E-state index in [2.05, 4.69) is 15.3 Å². The number of para-hydroxylation sites is 1. The lowest BCUT2D eigenvalue weighted by atomic mass is 10.1. The number of nitrogens with two attached hydrogens (primary N) is 1. The Balaban J connectivity index is 2.71. The van der Waals surface area contributed by atoms with Crippen LogP contribution in [0.1, 0.15) is 17.3 Å². The van der Waals surface area contributed by atoms with Gasteiger partial charge in [0.15, 0.2) is 0 Å². The van der Waals surface area contributed by atoms with Crippen molar-refractivity contribution in [3.05, 3.63) is 30.1 Å². The Bertz CT molecular complexity index is 538. The van der Waals surface area contributed by atoms with Crippen LogP contribution >= 0.6 is 0 Å². The summed E-state index contributed by atoms with van der Waals surface area (Å²) in [7, 11) is 0. The number of carbonyl (C=O) groups excluding carboxylic acids is 1. The fraction of sp³-hybridized carbons (Fsp3) is 0.182. The molecule has 0 spiro atoms. The largest absolute Gasteiger partial charge is 0.370 e. The Morgan fingerprint density at radius 1 is 1.44 bits per heavy atom. The number of carbonyl (C=O) groups is 1. The van der Waals surface area contributed by atoms with Crippen molar-refractivity contribution in [1.29, 1.82) is 0 Å². The summed E-state index contributed by atoms with van der Waals surface area (Å²) in [4.78, 5) is 19.4. The van der Waals surface area contributed by atoms with Gasteiger partial charge < -0.3 is 11.1 Å². The Hall–Kier alpha value is -2.17. The molecule has 0 bridgehead atoms. The molecule has 2 rings (SSSR count). The number of primary amides is 1. The van der Waals surface area contributed by atoms with E-state index < -0.39 is 5.91 Å². The average Bonchev–Trinajstić information content (AvgIpc) is 2.29. The Morgan fingerprint density at radius 2 is 2.25 bits per heavy atom. The maximum absolute atomic E-state index is 11.2. The third-order valence-electron chi connectivity index (χ3n) is 2.27. The van der Waals surface area contributed by atoms with Crippen LogP contribution < -0.4 is 11.1 Å². The van der Waals surface area contributed by atoms with Gasteiger partial charge in [0, 0.05) is 11.9 Å². The third kappa shape index (κ3) is 1.67. The number of benzene rings is 1. The number of hydrogen-bond acceptors (Lipinski definition) is 4. The Kier molecular flexibility index (Phi) is 2.68. The topological polar surface area (TPSA) is 80.9 Å². The second-order valence-electron chi connectivity index (χ2n) is 3.32. The van der Waals surface area contributed by atoms with Crippen molar-refractivity contribution in [2.45, 2.75) is 6.92 Å². The van der Waals surface area contributed by atoms with Crippen LogP contribution in [0, 0.1) is 0 Å². The van der Waals surface area contributed by atoms with E-state index >= 15 is 0 Å². The molecule has 0 aliphatic heterocycles. The highest BCUT2D eigenvalue weighted by Crippen LogP contribution is 2.21. The van der Waals surface area contributed by atoms with Crippen LogP contribution in [0.3, 0.4) is 0 Å². The van der Waals surface area contributed by atoms with Gasteiger partial charge in [-0.15, -0.1) is 0 Å². The van der Waals surface area contributed by atoms with Gasteiger partial charge in [0.05, 0.1) is 11.1 Å². The molecule has 0 fully saturated rings. The molecule has 0 aliphatic carbocycles. The zero-order valence-electron chi connectivity index (χ0n) is 8.90. The normalized spacial score (nSPS) is 10.3. The van der Waals surface area contributed by atoms with E-state index in [1.165, 1.54) is 6.33 Å². The Morgan fingerprint density at radius 3 is 2.94 bits per heavy atom. The van der Waals surface area contributed by atoms with Crippen LogP contribution in [0.2, 0.25) is 0 Å². The monoisotopic (exact) mass is 216 g/mol. The fourth-order valence-corrected chi connectivity index (χ4v) is 1.59. The molecule has 1 heterocycles. The van der Waals surface area contributed by atoms with Crippen molar-refractivity contribution in [2.24, 2.45) is 5.73 Å². The molecule has 1 aromatic carbocycles. The molecule has 0 atom stereocenters. The summed E-state index contributed by atoms with van der Waals surface area (Å²) in [5.41, 5.74) is 6.28. The zero-order valence-corrected chi connectivity index (χ0v) is 8.90. The molecule has 0 saturated heterocycles. The number of aromatic nitrogens is 2. The number of fused-ring (bicyclic) bond motifs is 1. The van der Waals surface area contributed by atoms with E-state index in [1.54, 1.807) is 12.1 Å². The Labute approximate surface area is 92.7 Å². The molecule has 16 heavy (non-hydrogen) atoms. The number of anilines is 1. The van der Waals surface area contributed by atoms with Crippen LogP contribution in [-0.4, -0.2) is 22.4 Å². The van der Waals surface area contributed by atoms with Crippen LogP contribution in [0.5, 0.6) is 0 Å². The minimum atomic E-state index is -0.480. The van der Waals surface area contributed by atoms with E-state index in [0.717, 1.165) is 17.7 Å². The van der Waals surface area contributed by atoms with Gasteiger partial charge in [0.25, 0.3) is 5.91 Å². The predicted octanol–water partition coefficient (Wildman–Crippen LogP) is 1.16. The number of hydrogen-bond donors (Lipinski definition) is 2. The van der Waals surface area contributed by atoms with Crippen LogP contribution in [0.15, 0.2) is 24.5 Å². The first kappa shape index (κ1) is 10.4. The van der Waals surface area contributed by atoms with E-state index in [-0.39, 0.29) is 0 Å². The van der Waals surface area contributed by atoms with Gasteiger partial charge in [-0.05, 0) is 19.1 Å². The number of rotatable bonds is 3. The first-order valence-corrected chi connectivity index (χ1v) is 5.01. The maximum Gasteiger partial charge on any atom is 0.250 e. The minimum Gasteiger partial charge on any atom is -0.370 e. The summed E-state index contributed by atoms with van der Waals surface area (Å²) < 4.78 is 0. The number of amides is 1. The third-order valence-corrected chi connectivity index (χ3v) is 2.27. The van der Waals surface area contributed by atoms with Gasteiger partial charge in [0.1, 0.15) is 12.1 Å². The zero-order chi connectivity index (χ0) is 11.5. The molecule has 0 radical (unpaired) electrons. The molecule has 0 aliphatic rings. The lowest BCUT2D eigenvalue weighted by Gasteiger charge is -2.07. The molecule has 1 amide bonds. The molecule has 82 valence electrons. The van der Waals surface area contributed by atoms with E-state index in [9.17, 15) is 4.79 Å².